The molecule has 1 heterocycles. The Hall–Kier alpha value is -2.43. The Morgan fingerprint density at radius 3 is 2.71 bits per heavy atom. The van der Waals surface area contributed by atoms with Gasteiger partial charge in [-0.1, -0.05) is 50.1 Å². The molecule has 2 aromatic rings. The van der Waals surface area contributed by atoms with Crippen LogP contribution in [-0.2, 0) is 4.79 Å². The second-order valence-corrected chi connectivity index (χ2v) is 4.83. The van der Waals surface area contributed by atoms with E-state index in [1.165, 1.54) is 0 Å². The fourth-order valence-corrected chi connectivity index (χ4v) is 2.03. The number of aromatic nitrogens is 2. The number of carboxylic acids is 1. The molecule has 0 saturated carbocycles. The van der Waals surface area contributed by atoms with Crippen LogP contribution in [0.2, 0.25) is 0 Å². The van der Waals surface area contributed by atoms with Crippen molar-refractivity contribution >= 4 is 11.8 Å². The van der Waals surface area contributed by atoms with E-state index < -0.39 is 12.0 Å². The van der Waals surface area contributed by atoms with Crippen LogP contribution in [0.3, 0.4) is 0 Å². The van der Waals surface area contributed by atoms with Crippen molar-refractivity contribution in [2.24, 2.45) is 0 Å². The Kier molecular flexibility index (Phi) is 5.26. The first-order valence-electron chi connectivity index (χ1n) is 7.07. The molecular formula is C16H19N3O2. The van der Waals surface area contributed by atoms with Gasteiger partial charge in [0.1, 0.15) is 11.9 Å². The van der Waals surface area contributed by atoms with Crippen LogP contribution in [0.1, 0.15) is 26.2 Å². The molecule has 0 aliphatic heterocycles. The molecule has 2 rings (SSSR count). The smallest absolute Gasteiger partial charge is 0.326 e. The topological polar surface area (TPSA) is 75.1 Å². The molecule has 1 aromatic heterocycles. The van der Waals surface area contributed by atoms with Gasteiger partial charge < -0.3 is 10.4 Å². The number of anilines is 1. The number of aliphatic carboxylic acids is 1. The van der Waals surface area contributed by atoms with Gasteiger partial charge in [-0.25, -0.2) is 9.78 Å². The summed E-state index contributed by atoms with van der Waals surface area (Å²) in [5.41, 5.74) is 1.68. The summed E-state index contributed by atoms with van der Waals surface area (Å²) >= 11 is 0. The van der Waals surface area contributed by atoms with Crippen LogP contribution in [0, 0.1) is 0 Å². The predicted molar refractivity (Wildman–Crippen MR) is 82.0 cm³/mol. The maximum absolute atomic E-state index is 11.3. The zero-order valence-electron chi connectivity index (χ0n) is 12.0. The number of unbranched alkanes of at least 4 members (excludes halogenated alkanes) is 1. The first kappa shape index (κ1) is 15.0. The van der Waals surface area contributed by atoms with Gasteiger partial charge in [0.25, 0.3) is 0 Å². The number of carboxylic acid groups (broad SMARTS) is 1. The second kappa shape index (κ2) is 7.38. The normalized spacial score (nSPS) is 11.9. The number of hydrogen-bond donors (Lipinski definition) is 2. The first-order chi connectivity index (χ1) is 10.2. The summed E-state index contributed by atoms with van der Waals surface area (Å²) in [6, 6.07) is 9.05. The number of hydrogen-bond acceptors (Lipinski definition) is 4. The molecule has 0 bridgehead atoms. The monoisotopic (exact) mass is 285 g/mol. The van der Waals surface area contributed by atoms with Crippen molar-refractivity contribution in [3.63, 3.8) is 0 Å². The Balaban J connectivity index is 2.15. The van der Waals surface area contributed by atoms with E-state index >= 15 is 0 Å². The van der Waals surface area contributed by atoms with Gasteiger partial charge in [-0.3, -0.25) is 4.98 Å². The molecule has 0 aliphatic carbocycles. The lowest BCUT2D eigenvalue weighted by molar-refractivity contribution is -0.138. The van der Waals surface area contributed by atoms with E-state index in [9.17, 15) is 9.90 Å². The lowest BCUT2D eigenvalue weighted by Crippen LogP contribution is -2.29. The summed E-state index contributed by atoms with van der Waals surface area (Å²) < 4.78 is 0. The van der Waals surface area contributed by atoms with Gasteiger partial charge in [-0.15, -0.1) is 0 Å². The van der Waals surface area contributed by atoms with Crippen molar-refractivity contribution < 1.29 is 9.90 Å². The fourth-order valence-electron chi connectivity index (χ4n) is 2.03. The second-order valence-electron chi connectivity index (χ2n) is 4.83. The van der Waals surface area contributed by atoms with Crippen LogP contribution in [0.4, 0.5) is 5.82 Å². The molecule has 0 saturated heterocycles. The third kappa shape index (κ3) is 4.27. The van der Waals surface area contributed by atoms with Gasteiger partial charge in [0.05, 0.1) is 18.1 Å². The molecule has 0 amide bonds. The third-order valence-electron chi connectivity index (χ3n) is 3.17. The van der Waals surface area contributed by atoms with Crippen molar-refractivity contribution in [3.05, 3.63) is 42.7 Å². The molecular weight excluding hydrogens is 266 g/mol. The highest BCUT2D eigenvalue weighted by Gasteiger charge is 2.17. The molecule has 5 nitrogen and oxygen atoms in total. The molecule has 0 spiro atoms. The Morgan fingerprint density at radius 1 is 1.29 bits per heavy atom. The van der Waals surface area contributed by atoms with Crippen LogP contribution in [0.15, 0.2) is 42.7 Å². The van der Waals surface area contributed by atoms with Crippen LogP contribution in [-0.4, -0.2) is 27.1 Å². The zero-order chi connectivity index (χ0) is 15.1. The lowest BCUT2D eigenvalue weighted by atomic mass is 10.1. The Morgan fingerprint density at radius 2 is 2.05 bits per heavy atom. The number of carbonyl (C=O) groups is 1. The molecule has 21 heavy (non-hydrogen) atoms. The zero-order valence-corrected chi connectivity index (χ0v) is 12.0. The Bertz CT molecular complexity index is 587. The summed E-state index contributed by atoms with van der Waals surface area (Å²) in [5.74, 6) is -0.379. The summed E-state index contributed by atoms with van der Waals surface area (Å²) in [6.07, 6.45) is 5.61. The molecule has 0 radical (unpaired) electrons. The lowest BCUT2D eigenvalue weighted by Gasteiger charge is -2.14. The maximum atomic E-state index is 11.3. The van der Waals surface area contributed by atoms with E-state index in [0.717, 1.165) is 24.1 Å². The van der Waals surface area contributed by atoms with E-state index in [-0.39, 0.29) is 0 Å². The SMILES string of the molecule is CCCCC(Nc1cncc(-c2ccccc2)n1)C(=O)O. The van der Waals surface area contributed by atoms with E-state index in [1.807, 2.05) is 37.3 Å². The molecule has 1 atom stereocenters. The van der Waals surface area contributed by atoms with Gasteiger partial charge in [0.2, 0.25) is 0 Å². The largest absolute Gasteiger partial charge is 0.480 e. The van der Waals surface area contributed by atoms with Crippen LogP contribution in [0.5, 0.6) is 0 Å². The summed E-state index contributed by atoms with van der Waals surface area (Å²) in [5, 5.41) is 12.2. The minimum Gasteiger partial charge on any atom is -0.480 e. The van der Waals surface area contributed by atoms with Gasteiger partial charge in [0, 0.05) is 5.56 Å². The number of rotatable bonds is 7. The summed E-state index contributed by atoms with van der Waals surface area (Å²) in [4.78, 5) is 19.8. The number of nitrogens with zero attached hydrogens (tertiary/aromatic N) is 2. The van der Waals surface area contributed by atoms with Gasteiger partial charge in [-0.2, -0.15) is 0 Å². The molecule has 0 fully saturated rings. The van der Waals surface area contributed by atoms with Crippen molar-refractivity contribution in [1.29, 1.82) is 0 Å². The standard InChI is InChI=1S/C16H19N3O2/c1-2-3-9-13(16(20)21)18-15-11-17-10-14(19-15)12-7-5-4-6-8-12/h4-8,10-11,13H,2-3,9H2,1H3,(H,18,19)(H,20,21). The van der Waals surface area contributed by atoms with Crippen molar-refractivity contribution in [2.45, 2.75) is 32.2 Å². The third-order valence-corrected chi connectivity index (χ3v) is 3.17. The van der Waals surface area contributed by atoms with Gasteiger partial charge in [-0.05, 0) is 6.42 Å². The van der Waals surface area contributed by atoms with E-state index in [4.69, 9.17) is 0 Å². The highest BCUT2D eigenvalue weighted by atomic mass is 16.4. The summed E-state index contributed by atoms with van der Waals surface area (Å²) in [6.45, 7) is 2.04. The van der Waals surface area contributed by atoms with E-state index in [1.54, 1.807) is 12.4 Å². The minimum atomic E-state index is -0.865. The molecule has 110 valence electrons. The van der Waals surface area contributed by atoms with Gasteiger partial charge >= 0.3 is 5.97 Å². The van der Waals surface area contributed by atoms with E-state index in [2.05, 4.69) is 15.3 Å². The molecule has 1 unspecified atom stereocenters. The van der Waals surface area contributed by atoms with Crippen molar-refractivity contribution in [3.8, 4) is 11.3 Å². The molecule has 0 aliphatic rings. The van der Waals surface area contributed by atoms with Crippen LogP contribution < -0.4 is 5.32 Å². The van der Waals surface area contributed by atoms with Crippen LogP contribution in [0.25, 0.3) is 11.3 Å². The first-order valence-corrected chi connectivity index (χ1v) is 7.07. The quantitative estimate of drug-likeness (QED) is 0.817. The average molecular weight is 285 g/mol. The van der Waals surface area contributed by atoms with Crippen LogP contribution >= 0.6 is 0 Å². The van der Waals surface area contributed by atoms with Crippen molar-refractivity contribution in [2.75, 3.05) is 5.32 Å². The highest BCUT2D eigenvalue weighted by Crippen LogP contribution is 2.17. The summed E-state index contributed by atoms with van der Waals surface area (Å²) in [7, 11) is 0. The Labute approximate surface area is 124 Å². The van der Waals surface area contributed by atoms with Gasteiger partial charge in [0.15, 0.2) is 0 Å². The molecule has 2 N–H and O–H groups in total. The highest BCUT2D eigenvalue weighted by molar-refractivity contribution is 5.76. The fraction of sp³-hybridized carbons (Fsp3) is 0.312. The average Bonchev–Trinajstić information content (AvgIpc) is 2.52. The molecule has 5 heteroatoms. The van der Waals surface area contributed by atoms with E-state index in [0.29, 0.717) is 12.2 Å². The number of benzene rings is 1. The minimum absolute atomic E-state index is 0.486. The predicted octanol–water partition coefficient (Wildman–Crippen LogP) is 3.20. The van der Waals surface area contributed by atoms with Crippen molar-refractivity contribution in [1.82, 2.24) is 9.97 Å². The number of nitrogens with one attached hydrogen (secondary N) is 1. The molecule has 1 aromatic carbocycles. The maximum Gasteiger partial charge on any atom is 0.326 e.